The molecule has 84 valence electrons. The molecule has 1 saturated carbocycles. The van der Waals surface area contributed by atoms with Crippen LogP contribution in [0.25, 0.3) is 0 Å². The van der Waals surface area contributed by atoms with Gasteiger partial charge in [-0.15, -0.1) is 0 Å². The molecule has 15 heavy (non-hydrogen) atoms. The molecule has 0 unspecified atom stereocenters. The van der Waals surface area contributed by atoms with Gasteiger partial charge < -0.3 is 10.4 Å². The second-order valence-electron chi connectivity index (χ2n) is 4.39. The molecule has 0 radical (unpaired) electrons. The van der Waals surface area contributed by atoms with Crippen molar-refractivity contribution in [2.45, 2.75) is 44.9 Å². The van der Waals surface area contributed by atoms with Crippen molar-refractivity contribution in [3.05, 3.63) is 18.0 Å². The van der Waals surface area contributed by atoms with Gasteiger partial charge in [0.1, 0.15) is 0 Å². The van der Waals surface area contributed by atoms with E-state index in [0.717, 1.165) is 32.4 Å². The van der Waals surface area contributed by atoms with Gasteiger partial charge >= 0.3 is 0 Å². The number of aryl methyl sites for hydroxylation is 1. The maximum Gasteiger partial charge on any atom is 0.0771 e. The fourth-order valence-corrected chi connectivity index (χ4v) is 1.87. The van der Waals surface area contributed by atoms with Gasteiger partial charge in [0.15, 0.2) is 0 Å². The molecule has 1 aliphatic carbocycles. The van der Waals surface area contributed by atoms with Crippen LogP contribution in [0.3, 0.4) is 0 Å². The summed E-state index contributed by atoms with van der Waals surface area (Å²) >= 11 is 0. The third kappa shape index (κ3) is 2.58. The summed E-state index contributed by atoms with van der Waals surface area (Å²) in [4.78, 5) is 0. The smallest absolute Gasteiger partial charge is 0.0771 e. The van der Waals surface area contributed by atoms with Crippen LogP contribution in [0.4, 0.5) is 0 Å². The maximum atomic E-state index is 9.86. The van der Waals surface area contributed by atoms with Gasteiger partial charge in [0.25, 0.3) is 0 Å². The van der Waals surface area contributed by atoms with Crippen LogP contribution < -0.4 is 5.32 Å². The number of hydrogen-bond acceptors (Lipinski definition) is 3. The second kappa shape index (κ2) is 4.33. The summed E-state index contributed by atoms with van der Waals surface area (Å²) < 4.78 is 1.91. The summed E-state index contributed by atoms with van der Waals surface area (Å²) in [5, 5.41) is 17.3. The first-order valence-electron chi connectivity index (χ1n) is 5.66. The van der Waals surface area contributed by atoms with Crippen LogP contribution in [-0.4, -0.2) is 27.0 Å². The van der Waals surface area contributed by atoms with E-state index in [1.165, 1.54) is 5.56 Å². The van der Waals surface area contributed by atoms with Crippen LogP contribution in [-0.2, 0) is 13.1 Å². The fourth-order valence-electron chi connectivity index (χ4n) is 1.87. The van der Waals surface area contributed by atoms with Crippen molar-refractivity contribution < 1.29 is 5.11 Å². The standard InChI is InChI=1S/C11H19N3O/c1-2-14-8-10(7-13-14)6-12-9-11(15)4-3-5-11/h7-8,12,15H,2-6,9H2,1H3. The number of nitrogens with zero attached hydrogens (tertiary/aromatic N) is 2. The predicted octanol–water partition coefficient (Wildman–Crippen LogP) is 0.908. The van der Waals surface area contributed by atoms with Gasteiger partial charge in [-0.3, -0.25) is 4.68 Å². The molecule has 0 aromatic carbocycles. The van der Waals surface area contributed by atoms with Crippen LogP contribution in [0, 0.1) is 0 Å². The molecule has 1 aliphatic rings. The van der Waals surface area contributed by atoms with Crippen molar-refractivity contribution in [3.8, 4) is 0 Å². The Bertz CT molecular complexity index is 317. The average Bonchev–Trinajstić information content (AvgIpc) is 2.63. The van der Waals surface area contributed by atoms with Crippen LogP contribution in [0.2, 0.25) is 0 Å². The quantitative estimate of drug-likeness (QED) is 0.757. The molecule has 1 heterocycles. The summed E-state index contributed by atoms with van der Waals surface area (Å²) in [6.07, 6.45) is 6.95. The zero-order valence-corrected chi connectivity index (χ0v) is 9.24. The van der Waals surface area contributed by atoms with E-state index >= 15 is 0 Å². The summed E-state index contributed by atoms with van der Waals surface area (Å²) in [5.74, 6) is 0. The van der Waals surface area contributed by atoms with Crippen molar-refractivity contribution in [2.24, 2.45) is 0 Å². The van der Waals surface area contributed by atoms with Gasteiger partial charge in [-0.1, -0.05) is 0 Å². The Hall–Kier alpha value is -0.870. The van der Waals surface area contributed by atoms with E-state index in [2.05, 4.69) is 17.3 Å². The minimum absolute atomic E-state index is 0.430. The second-order valence-corrected chi connectivity index (χ2v) is 4.39. The van der Waals surface area contributed by atoms with E-state index < -0.39 is 5.60 Å². The lowest BCUT2D eigenvalue weighted by atomic mass is 9.80. The highest BCUT2D eigenvalue weighted by Gasteiger charge is 2.33. The van der Waals surface area contributed by atoms with E-state index in [1.54, 1.807) is 0 Å². The molecule has 0 spiro atoms. The van der Waals surface area contributed by atoms with Crippen LogP contribution >= 0.6 is 0 Å². The molecule has 0 saturated heterocycles. The van der Waals surface area contributed by atoms with Crippen molar-refractivity contribution >= 4 is 0 Å². The molecule has 1 aromatic rings. The number of aromatic nitrogens is 2. The summed E-state index contributed by atoms with van der Waals surface area (Å²) in [7, 11) is 0. The Morgan fingerprint density at radius 2 is 2.40 bits per heavy atom. The number of hydrogen-bond donors (Lipinski definition) is 2. The van der Waals surface area contributed by atoms with Gasteiger partial charge in [-0.25, -0.2) is 0 Å². The Balaban J connectivity index is 1.73. The molecule has 1 aromatic heterocycles. The molecule has 2 rings (SSSR count). The zero-order valence-electron chi connectivity index (χ0n) is 9.24. The van der Waals surface area contributed by atoms with Gasteiger partial charge in [-0.05, 0) is 26.2 Å². The highest BCUT2D eigenvalue weighted by atomic mass is 16.3. The largest absolute Gasteiger partial charge is 0.389 e. The third-order valence-electron chi connectivity index (χ3n) is 3.08. The molecule has 0 amide bonds. The van der Waals surface area contributed by atoms with Crippen LogP contribution in [0.5, 0.6) is 0 Å². The van der Waals surface area contributed by atoms with Crippen LogP contribution in [0.15, 0.2) is 12.4 Å². The van der Waals surface area contributed by atoms with Gasteiger partial charge in [0, 0.05) is 31.4 Å². The summed E-state index contributed by atoms with van der Waals surface area (Å²) in [5.41, 5.74) is 0.751. The Kier molecular flexibility index (Phi) is 3.07. The summed E-state index contributed by atoms with van der Waals surface area (Å²) in [6, 6.07) is 0. The third-order valence-corrected chi connectivity index (χ3v) is 3.08. The highest BCUT2D eigenvalue weighted by molar-refractivity contribution is 5.03. The maximum absolute atomic E-state index is 9.86. The van der Waals surface area contributed by atoms with E-state index in [-0.39, 0.29) is 0 Å². The normalized spacial score (nSPS) is 18.8. The highest BCUT2D eigenvalue weighted by Crippen LogP contribution is 2.30. The molecule has 4 heteroatoms. The Labute approximate surface area is 90.3 Å². The van der Waals surface area contributed by atoms with Crippen molar-refractivity contribution in [3.63, 3.8) is 0 Å². The minimum Gasteiger partial charge on any atom is -0.389 e. The number of rotatable bonds is 5. The first kappa shape index (κ1) is 10.6. The zero-order chi connectivity index (χ0) is 10.7. The monoisotopic (exact) mass is 209 g/mol. The molecule has 0 bridgehead atoms. The SMILES string of the molecule is CCn1cc(CNCC2(O)CCC2)cn1. The van der Waals surface area contributed by atoms with Gasteiger partial charge in [0.2, 0.25) is 0 Å². The molecule has 0 aliphatic heterocycles. The lowest BCUT2D eigenvalue weighted by Crippen LogP contribution is -2.45. The average molecular weight is 209 g/mol. The fraction of sp³-hybridized carbons (Fsp3) is 0.727. The Morgan fingerprint density at radius 3 is 2.93 bits per heavy atom. The van der Waals surface area contributed by atoms with Crippen molar-refractivity contribution in [1.29, 1.82) is 0 Å². The van der Waals surface area contributed by atoms with E-state index in [0.29, 0.717) is 6.54 Å². The topological polar surface area (TPSA) is 50.1 Å². The first-order chi connectivity index (χ1) is 7.22. The number of aliphatic hydroxyl groups is 1. The first-order valence-corrected chi connectivity index (χ1v) is 5.66. The van der Waals surface area contributed by atoms with E-state index in [4.69, 9.17) is 0 Å². The molecular formula is C11H19N3O. The molecule has 2 N–H and O–H groups in total. The van der Waals surface area contributed by atoms with E-state index in [9.17, 15) is 5.11 Å². The predicted molar refractivity (Wildman–Crippen MR) is 58.4 cm³/mol. The minimum atomic E-state index is -0.430. The van der Waals surface area contributed by atoms with Crippen LogP contribution in [0.1, 0.15) is 31.7 Å². The van der Waals surface area contributed by atoms with Gasteiger partial charge in [0.05, 0.1) is 11.8 Å². The molecule has 0 atom stereocenters. The molecular weight excluding hydrogens is 190 g/mol. The van der Waals surface area contributed by atoms with Crippen molar-refractivity contribution in [1.82, 2.24) is 15.1 Å². The number of nitrogens with one attached hydrogen (secondary N) is 1. The van der Waals surface area contributed by atoms with E-state index in [1.807, 2.05) is 17.1 Å². The molecule has 1 fully saturated rings. The Morgan fingerprint density at radius 1 is 1.60 bits per heavy atom. The van der Waals surface area contributed by atoms with Gasteiger partial charge in [-0.2, -0.15) is 5.10 Å². The lowest BCUT2D eigenvalue weighted by Gasteiger charge is -2.36. The van der Waals surface area contributed by atoms with Crippen molar-refractivity contribution in [2.75, 3.05) is 6.54 Å². The lowest BCUT2D eigenvalue weighted by molar-refractivity contribution is -0.0314. The summed E-state index contributed by atoms with van der Waals surface area (Å²) in [6.45, 7) is 4.47. The molecule has 4 nitrogen and oxygen atoms in total.